The van der Waals surface area contributed by atoms with Crippen LogP contribution < -0.4 is 9.47 Å². The van der Waals surface area contributed by atoms with Crippen molar-refractivity contribution in [3.05, 3.63) is 24.3 Å². The molecule has 1 rings (SSSR count). The highest BCUT2D eigenvalue weighted by atomic mass is 35.6. The van der Waals surface area contributed by atoms with Crippen molar-refractivity contribution in [2.24, 2.45) is 0 Å². The maximum Gasteiger partial charge on any atom is 0.338 e. The quantitative estimate of drug-likeness (QED) is 0.695. The van der Waals surface area contributed by atoms with Gasteiger partial charge in [0, 0.05) is 0 Å². The van der Waals surface area contributed by atoms with Crippen LogP contribution in [-0.4, -0.2) is 7.96 Å². The van der Waals surface area contributed by atoms with Gasteiger partial charge in [0.25, 0.3) is 0 Å². The molecular formula is C8H4Cl6O2. The zero-order valence-corrected chi connectivity index (χ0v) is 11.9. The Morgan fingerprint density at radius 1 is 0.688 bits per heavy atom. The number of halogens is 6. The van der Waals surface area contributed by atoms with Gasteiger partial charge in [0.15, 0.2) is 11.5 Å². The number of ether oxygens (including phenoxy) is 2. The van der Waals surface area contributed by atoms with Crippen LogP contribution in [0.5, 0.6) is 11.5 Å². The van der Waals surface area contributed by atoms with Gasteiger partial charge in [-0.05, 0) is 81.7 Å². The van der Waals surface area contributed by atoms with Crippen LogP contribution in [0.3, 0.4) is 0 Å². The Morgan fingerprint density at radius 2 is 1.00 bits per heavy atom. The van der Waals surface area contributed by atoms with Crippen LogP contribution in [0.15, 0.2) is 24.3 Å². The van der Waals surface area contributed by atoms with E-state index < -0.39 is 7.96 Å². The molecule has 0 fully saturated rings. The zero-order chi connectivity index (χ0) is 12.4. The van der Waals surface area contributed by atoms with Crippen molar-refractivity contribution in [2.75, 3.05) is 0 Å². The molecule has 0 aromatic heterocycles. The number of benzene rings is 1. The molecule has 0 radical (unpaired) electrons. The Bertz CT molecular complexity index is 321. The van der Waals surface area contributed by atoms with Gasteiger partial charge in [-0.25, -0.2) is 0 Å². The molecule has 0 spiro atoms. The normalized spacial score (nSPS) is 12.4. The molecule has 8 heteroatoms. The van der Waals surface area contributed by atoms with Gasteiger partial charge in [-0.2, -0.15) is 0 Å². The van der Waals surface area contributed by atoms with Crippen LogP contribution in [0.4, 0.5) is 0 Å². The zero-order valence-electron chi connectivity index (χ0n) is 7.39. The second kappa shape index (κ2) is 5.47. The van der Waals surface area contributed by atoms with E-state index in [0.717, 1.165) is 0 Å². The lowest BCUT2D eigenvalue weighted by Gasteiger charge is -2.19. The average Bonchev–Trinajstić information content (AvgIpc) is 2.03. The van der Waals surface area contributed by atoms with E-state index in [4.69, 9.17) is 79.1 Å². The minimum atomic E-state index is -1.92. The lowest BCUT2D eigenvalue weighted by atomic mass is 10.3. The summed E-state index contributed by atoms with van der Waals surface area (Å²) in [5.74, 6) is 0.294. The summed E-state index contributed by atoms with van der Waals surface area (Å²) in [7, 11) is 0. The van der Waals surface area contributed by atoms with Crippen molar-refractivity contribution in [1.29, 1.82) is 0 Å². The van der Waals surface area contributed by atoms with Crippen LogP contribution in [0.25, 0.3) is 0 Å². The maximum atomic E-state index is 5.47. The standard InChI is InChI=1S/C8H4Cl6O2/c9-7(10,11)15-5-3-1-2-4-6(5)16-8(12,13)14/h1-4H. The molecular weight excluding hydrogens is 341 g/mol. The van der Waals surface area contributed by atoms with Gasteiger partial charge in [-0.1, -0.05) is 12.1 Å². The summed E-state index contributed by atoms with van der Waals surface area (Å²) in [6.07, 6.45) is 0. The van der Waals surface area contributed by atoms with E-state index in [2.05, 4.69) is 0 Å². The van der Waals surface area contributed by atoms with Crippen LogP contribution in [-0.2, 0) is 0 Å². The van der Waals surface area contributed by atoms with Crippen molar-refractivity contribution in [2.45, 2.75) is 7.96 Å². The molecule has 0 aliphatic rings. The highest BCUT2D eigenvalue weighted by Crippen LogP contribution is 2.39. The first-order chi connectivity index (χ1) is 7.17. The number of hydrogen-bond acceptors (Lipinski definition) is 2. The lowest BCUT2D eigenvalue weighted by Crippen LogP contribution is -2.17. The molecule has 1 aromatic rings. The summed E-state index contributed by atoms with van der Waals surface area (Å²) in [4.78, 5) is 0. The van der Waals surface area contributed by atoms with Gasteiger partial charge in [0.05, 0.1) is 0 Å². The molecule has 90 valence electrons. The van der Waals surface area contributed by atoms with Gasteiger partial charge in [-0.3, -0.25) is 0 Å². The molecule has 1 aromatic carbocycles. The fraction of sp³-hybridized carbons (Fsp3) is 0.250. The first-order valence-electron chi connectivity index (χ1n) is 3.78. The van der Waals surface area contributed by atoms with Crippen LogP contribution in [0.1, 0.15) is 0 Å². The van der Waals surface area contributed by atoms with Crippen LogP contribution in [0.2, 0.25) is 0 Å². The fourth-order valence-electron chi connectivity index (χ4n) is 0.868. The SMILES string of the molecule is ClC(Cl)(Cl)Oc1ccccc1OC(Cl)(Cl)Cl. The Morgan fingerprint density at radius 3 is 1.25 bits per heavy atom. The van der Waals surface area contributed by atoms with E-state index in [-0.39, 0.29) is 11.5 Å². The molecule has 0 saturated heterocycles. The van der Waals surface area contributed by atoms with E-state index >= 15 is 0 Å². The van der Waals surface area contributed by atoms with Gasteiger partial charge in [-0.15, -0.1) is 0 Å². The fourth-order valence-corrected chi connectivity index (χ4v) is 1.37. The van der Waals surface area contributed by atoms with Crippen molar-refractivity contribution in [3.8, 4) is 11.5 Å². The summed E-state index contributed by atoms with van der Waals surface area (Å²) in [6, 6.07) is 6.31. The minimum absolute atomic E-state index is 0.147. The number of rotatable bonds is 2. The summed E-state index contributed by atoms with van der Waals surface area (Å²) in [5.41, 5.74) is 0. The highest BCUT2D eigenvalue weighted by molar-refractivity contribution is 6.67. The number of para-hydroxylation sites is 2. The summed E-state index contributed by atoms with van der Waals surface area (Å²) in [6.45, 7) is 0. The molecule has 0 saturated carbocycles. The second-order valence-corrected chi connectivity index (χ2v) is 6.90. The summed E-state index contributed by atoms with van der Waals surface area (Å²) < 4.78 is 6.10. The van der Waals surface area contributed by atoms with Gasteiger partial charge in [0.1, 0.15) is 0 Å². The smallest absolute Gasteiger partial charge is 0.338 e. The molecule has 0 atom stereocenters. The third kappa shape index (κ3) is 5.76. The third-order valence-electron chi connectivity index (χ3n) is 1.30. The molecule has 16 heavy (non-hydrogen) atoms. The molecule has 0 amide bonds. The predicted molar refractivity (Wildman–Crippen MR) is 68.3 cm³/mol. The van der Waals surface area contributed by atoms with Crippen LogP contribution in [0, 0.1) is 0 Å². The first-order valence-corrected chi connectivity index (χ1v) is 6.05. The summed E-state index contributed by atoms with van der Waals surface area (Å²) >= 11 is 32.8. The molecule has 0 N–H and O–H groups in total. The van der Waals surface area contributed by atoms with Crippen molar-refractivity contribution in [3.63, 3.8) is 0 Å². The summed E-state index contributed by atoms with van der Waals surface area (Å²) in [5, 5.41) is 0. The van der Waals surface area contributed by atoms with E-state index in [1.165, 1.54) is 12.1 Å². The average molecular weight is 345 g/mol. The Labute approximate surface area is 122 Å². The van der Waals surface area contributed by atoms with Crippen molar-refractivity contribution < 1.29 is 9.47 Å². The molecule has 0 unspecified atom stereocenters. The molecule has 0 heterocycles. The number of alkyl halides is 6. The van der Waals surface area contributed by atoms with E-state index in [1.807, 2.05) is 0 Å². The predicted octanol–water partition coefficient (Wildman–Crippen LogP) is 5.10. The lowest BCUT2D eigenvalue weighted by molar-refractivity contribution is 0.268. The van der Waals surface area contributed by atoms with E-state index in [9.17, 15) is 0 Å². The maximum absolute atomic E-state index is 5.47. The molecule has 0 bridgehead atoms. The third-order valence-corrected chi connectivity index (χ3v) is 1.76. The van der Waals surface area contributed by atoms with E-state index in [1.54, 1.807) is 12.1 Å². The number of hydrogen-bond donors (Lipinski definition) is 0. The monoisotopic (exact) mass is 342 g/mol. The topological polar surface area (TPSA) is 18.5 Å². The van der Waals surface area contributed by atoms with E-state index in [0.29, 0.717) is 0 Å². The molecule has 0 aliphatic heterocycles. The highest BCUT2D eigenvalue weighted by Gasteiger charge is 2.27. The molecule has 2 nitrogen and oxygen atoms in total. The Balaban J connectivity index is 2.92. The minimum Gasteiger partial charge on any atom is -0.442 e. The van der Waals surface area contributed by atoms with Crippen LogP contribution >= 0.6 is 69.6 Å². The van der Waals surface area contributed by atoms with Crippen molar-refractivity contribution >= 4 is 69.6 Å². The van der Waals surface area contributed by atoms with Crippen molar-refractivity contribution in [1.82, 2.24) is 0 Å². The molecule has 0 aliphatic carbocycles. The second-order valence-electron chi connectivity index (χ2n) is 2.54. The van der Waals surface area contributed by atoms with Gasteiger partial charge in [0.2, 0.25) is 0 Å². The Hall–Kier alpha value is 0.560. The first kappa shape index (κ1) is 14.6. The van der Waals surface area contributed by atoms with Gasteiger partial charge < -0.3 is 9.47 Å². The Kier molecular flexibility index (Phi) is 5.00. The van der Waals surface area contributed by atoms with Gasteiger partial charge >= 0.3 is 7.96 Å². The largest absolute Gasteiger partial charge is 0.442 e.